The highest BCUT2D eigenvalue weighted by Crippen LogP contribution is 2.36. The molecule has 2 N–H and O–H groups in total. The van der Waals surface area contributed by atoms with Crippen molar-refractivity contribution in [2.24, 2.45) is 7.05 Å². The molecule has 1 saturated heterocycles. The topological polar surface area (TPSA) is 80.2 Å². The molecule has 0 radical (unpaired) electrons. The van der Waals surface area contributed by atoms with Gasteiger partial charge in [0.15, 0.2) is 0 Å². The molecule has 1 fully saturated rings. The Balaban J connectivity index is 1.56. The molecule has 6 heteroatoms. The number of nitrogens with zero attached hydrogens (tertiary/aromatic N) is 1. The summed E-state index contributed by atoms with van der Waals surface area (Å²) in [5.41, 5.74) is 2.38. The lowest BCUT2D eigenvalue weighted by Crippen LogP contribution is -2.51. The molecule has 1 unspecified atom stereocenters. The summed E-state index contributed by atoms with van der Waals surface area (Å²) in [5.74, 6) is -0.663. The summed E-state index contributed by atoms with van der Waals surface area (Å²) in [6, 6.07) is 17.0. The molecular formula is C23H23N3O3. The number of aryl methyl sites for hydroxylation is 1. The number of fused-ring (bicyclic) bond motifs is 1. The molecule has 1 atom stereocenters. The Morgan fingerprint density at radius 2 is 1.86 bits per heavy atom. The van der Waals surface area contributed by atoms with E-state index in [0.29, 0.717) is 30.6 Å². The summed E-state index contributed by atoms with van der Waals surface area (Å²) in [4.78, 5) is 36.8. The van der Waals surface area contributed by atoms with Crippen LogP contribution < -0.4 is 10.6 Å². The van der Waals surface area contributed by atoms with Crippen LogP contribution in [0.15, 0.2) is 54.6 Å². The second-order valence-corrected chi connectivity index (χ2v) is 7.49. The van der Waals surface area contributed by atoms with Crippen molar-refractivity contribution < 1.29 is 14.4 Å². The molecule has 0 aliphatic carbocycles. The van der Waals surface area contributed by atoms with E-state index < -0.39 is 5.41 Å². The van der Waals surface area contributed by atoms with Gasteiger partial charge in [-0.15, -0.1) is 0 Å². The lowest BCUT2D eigenvalue weighted by molar-refractivity contribution is -0.138. The number of amides is 3. The first kappa shape index (κ1) is 18.9. The Morgan fingerprint density at radius 3 is 2.52 bits per heavy atom. The van der Waals surface area contributed by atoms with Crippen molar-refractivity contribution in [1.29, 1.82) is 0 Å². The van der Waals surface area contributed by atoms with Gasteiger partial charge in [-0.2, -0.15) is 0 Å². The molecule has 1 aliphatic rings. The Labute approximate surface area is 168 Å². The van der Waals surface area contributed by atoms with Gasteiger partial charge >= 0.3 is 0 Å². The number of hydrogen-bond acceptors (Lipinski definition) is 3. The third-order valence-electron chi connectivity index (χ3n) is 5.95. The van der Waals surface area contributed by atoms with E-state index in [0.717, 1.165) is 16.5 Å². The number of imide groups is 1. The summed E-state index contributed by atoms with van der Waals surface area (Å²) < 4.78 is 1.87. The maximum atomic E-state index is 12.8. The highest BCUT2D eigenvalue weighted by Gasteiger charge is 2.42. The van der Waals surface area contributed by atoms with Crippen molar-refractivity contribution in [2.75, 3.05) is 5.32 Å². The standard InChI is InChI=1S/C23H23N3O3/c1-3-23(13-12-20(27)25-22(23)29)16-8-10-17(11-9-16)24-21(28)19-14-15-6-4-5-7-18(15)26(19)2/h4-11,14H,3,12-13H2,1-2H3,(H,24,28)(H,25,27,29). The molecule has 0 saturated carbocycles. The quantitative estimate of drug-likeness (QED) is 0.670. The molecule has 4 rings (SSSR count). The maximum Gasteiger partial charge on any atom is 0.272 e. The fourth-order valence-electron chi connectivity index (χ4n) is 4.14. The number of piperidine rings is 1. The van der Waals surface area contributed by atoms with Crippen LogP contribution in [0.25, 0.3) is 10.9 Å². The van der Waals surface area contributed by atoms with Crippen LogP contribution in [0.4, 0.5) is 5.69 Å². The molecule has 2 aromatic carbocycles. The van der Waals surface area contributed by atoms with E-state index in [9.17, 15) is 14.4 Å². The zero-order chi connectivity index (χ0) is 20.6. The zero-order valence-electron chi connectivity index (χ0n) is 16.5. The van der Waals surface area contributed by atoms with Crippen LogP contribution in [-0.4, -0.2) is 22.3 Å². The van der Waals surface area contributed by atoms with Gasteiger partial charge in [0.25, 0.3) is 5.91 Å². The largest absolute Gasteiger partial charge is 0.340 e. The van der Waals surface area contributed by atoms with Crippen molar-refractivity contribution >= 4 is 34.3 Å². The van der Waals surface area contributed by atoms with Gasteiger partial charge in [0, 0.05) is 30.1 Å². The number of carbonyl (C=O) groups is 3. The number of rotatable bonds is 4. The Hall–Kier alpha value is -3.41. The molecular weight excluding hydrogens is 366 g/mol. The van der Waals surface area contributed by atoms with Crippen molar-refractivity contribution in [2.45, 2.75) is 31.6 Å². The molecule has 1 aliphatic heterocycles. The Kier molecular flexibility index (Phi) is 4.70. The number of nitrogens with one attached hydrogen (secondary N) is 2. The van der Waals surface area contributed by atoms with Gasteiger partial charge in [-0.1, -0.05) is 37.3 Å². The van der Waals surface area contributed by atoms with Crippen LogP contribution >= 0.6 is 0 Å². The van der Waals surface area contributed by atoms with Crippen molar-refractivity contribution in [3.05, 3.63) is 65.9 Å². The van der Waals surface area contributed by atoms with Gasteiger partial charge in [-0.05, 0) is 42.7 Å². The Bertz CT molecular complexity index is 1110. The Morgan fingerprint density at radius 1 is 1.14 bits per heavy atom. The first-order valence-corrected chi connectivity index (χ1v) is 9.75. The van der Waals surface area contributed by atoms with Gasteiger partial charge in [-0.3, -0.25) is 19.7 Å². The summed E-state index contributed by atoms with van der Waals surface area (Å²) in [6.07, 6.45) is 1.43. The normalized spacial score (nSPS) is 19.2. The number of hydrogen-bond donors (Lipinski definition) is 2. The average molecular weight is 389 g/mol. The molecule has 6 nitrogen and oxygen atoms in total. The molecule has 0 spiro atoms. The maximum absolute atomic E-state index is 12.8. The number of carbonyl (C=O) groups excluding carboxylic acids is 3. The molecule has 0 bridgehead atoms. The molecule has 29 heavy (non-hydrogen) atoms. The van der Waals surface area contributed by atoms with E-state index >= 15 is 0 Å². The summed E-state index contributed by atoms with van der Waals surface area (Å²) in [5, 5.41) is 6.39. The fraction of sp³-hybridized carbons (Fsp3) is 0.261. The summed E-state index contributed by atoms with van der Waals surface area (Å²) in [6.45, 7) is 1.95. The third kappa shape index (κ3) is 3.20. The van der Waals surface area contributed by atoms with Crippen molar-refractivity contribution in [1.82, 2.24) is 9.88 Å². The molecule has 1 aromatic heterocycles. The third-order valence-corrected chi connectivity index (χ3v) is 5.95. The smallest absolute Gasteiger partial charge is 0.272 e. The van der Waals surface area contributed by atoms with Gasteiger partial charge < -0.3 is 9.88 Å². The van der Waals surface area contributed by atoms with Gasteiger partial charge in [-0.25, -0.2) is 0 Å². The van der Waals surface area contributed by atoms with Gasteiger partial charge in [0.1, 0.15) is 5.69 Å². The van der Waals surface area contributed by atoms with E-state index in [1.54, 1.807) is 12.1 Å². The number of para-hydroxylation sites is 1. The first-order valence-electron chi connectivity index (χ1n) is 9.75. The second-order valence-electron chi connectivity index (χ2n) is 7.49. The average Bonchev–Trinajstić information content (AvgIpc) is 3.06. The summed E-state index contributed by atoms with van der Waals surface area (Å²) >= 11 is 0. The van der Waals surface area contributed by atoms with Crippen LogP contribution in [-0.2, 0) is 22.1 Å². The number of anilines is 1. The van der Waals surface area contributed by atoms with Gasteiger partial charge in [0.05, 0.1) is 5.41 Å². The number of aromatic nitrogens is 1. The van der Waals surface area contributed by atoms with Crippen LogP contribution in [0, 0.1) is 0 Å². The molecule has 2 heterocycles. The van der Waals surface area contributed by atoms with E-state index in [1.807, 2.05) is 61.0 Å². The van der Waals surface area contributed by atoms with E-state index in [1.165, 1.54) is 0 Å². The first-order chi connectivity index (χ1) is 13.9. The van der Waals surface area contributed by atoms with Crippen molar-refractivity contribution in [3.8, 4) is 0 Å². The van der Waals surface area contributed by atoms with E-state index in [2.05, 4.69) is 10.6 Å². The minimum absolute atomic E-state index is 0.192. The van der Waals surface area contributed by atoms with Crippen molar-refractivity contribution in [3.63, 3.8) is 0 Å². The molecule has 3 amide bonds. The van der Waals surface area contributed by atoms with Crippen LogP contribution in [0.2, 0.25) is 0 Å². The predicted molar refractivity (Wildman–Crippen MR) is 112 cm³/mol. The minimum atomic E-state index is -0.702. The summed E-state index contributed by atoms with van der Waals surface area (Å²) in [7, 11) is 1.87. The van der Waals surface area contributed by atoms with E-state index in [-0.39, 0.29) is 17.7 Å². The second kappa shape index (κ2) is 7.20. The highest BCUT2D eigenvalue weighted by molar-refractivity contribution is 6.06. The van der Waals surface area contributed by atoms with E-state index in [4.69, 9.17) is 0 Å². The fourth-order valence-corrected chi connectivity index (χ4v) is 4.14. The van der Waals surface area contributed by atoms with Crippen LogP contribution in [0.3, 0.4) is 0 Å². The van der Waals surface area contributed by atoms with Crippen LogP contribution in [0.5, 0.6) is 0 Å². The lowest BCUT2D eigenvalue weighted by Gasteiger charge is -2.35. The lowest BCUT2D eigenvalue weighted by atomic mass is 9.72. The minimum Gasteiger partial charge on any atom is -0.340 e. The predicted octanol–water partition coefficient (Wildman–Crippen LogP) is 3.52. The monoisotopic (exact) mass is 389 g/mol. The molecule has 3 aromatic rings. The zero-order valence-corrected chi connectivity index (χ0v) is 16.5. The number of benzene rings is 2. The SMILES string of the molecule is CCC1(c2ccc(NC(=O)c3cc4ccccc4n3C)cc2)CCC(=O)NC1=O. The highest BCUT2D eigenvalue weighted by atomic mass is 16.2. The molecule has 148 valence electrons. The van der Waals surface area contributed by atoms with Crippen LogP contribution in [0.1, 0.15) is 42.2 Å². The van der Waals surface area contributed by atoms with Gasteiger partial charge in [0.2, 0.25) is 11.8 Å².